The van der Waals surface area contributed by atoms with Gasteiger partial charge in [-0.1, -0.05) is 34.1 Å². The Kier molecular flexibility index (Phi) is 9.43. The summed E-state index contributed by atoms with van der Waals surface area (Å²) < 4.78 is 54.3. The zero-order valence-electron chi connectivity index (χ0n) is 15.5. The fourth-order valence-corrected chi connectivity index (χ4v) is 2.58. The molecular weight excluding hydrogens is 455 g/mol. The van der Waals surface area contributed by atoms with Crippen molar-refractivity contribution in [3.8, 4) is 0 Å². The van der Waals surface area contributed by atoms with Gasteiger partial charge in [0, 0.05) is 11.0 Å². The molecule has 0 fully saturated rings. The van der Waals surface area contributed by atoms with E-state index in [4.69, 9.17) is 14.2 Å². The summed E-state index contributed by atoms with van der Waals surface area (Å²) in [5, 5.41) is 3.59. The van der Waals surface area contributed by atoms with Crippen molar-refractivity contribution in [1.82, 2.24) is 0 Å². The third kappa shape index (κ3) is 8.04. The van der Waals surface area contributed by atoms with Crippen LogP contribution >= 0.6 is 15.9 Å². The molecule has 2 aromatic rings. The van der Waals surface area contributed by atoms with E-state index in [-0.39, 0.29) is 24.5 Å². The molecule has 0 radical (unpaired) electrons. The summed E-state index contributed by atoms with van der Waals surface area (Å²) >= 11 is 3.24. The first-order valence-corrected chi connectivity index (χ1v) is 9.96. The van der Waals surface area contributed by atoms with Crippen LogP contribution in [0.2, 0.25) is 0 Å². The highest BCUT2D eigenvalue weighted by Gasteiger charge is 2.30. The number of halogens is 4. The molecule has 0 bridgehead atoms. The molecule has 0 aliphatic carbocycles. The van der Waals surface area contributed by atoms with Gasteiger partial charge in [0.25, 0.3) is 0 Å². The predicted molar refractivity (Wildman–Crippen MR) is 107 cm³/mol. The van der Waals surface area contributed by atoms with Crippen LogP contribution in [-0.2, 0) is 20.4 Å². The summed E-state index contributed by atoms with van der Waals surface area (Å²) in [6.45, 7) is 1.69. The number of ether oxygens (including phenoxy) is 3. The number of carbonyl (C=O) groups excluding carboxylic acids is 1. The molecule has 2 rings (SSSR count). The van der Waals surface area contributed by atoms with Crippen molar-refractivity contribution in [3.05, 3.63) is 59.7 Å². The van der Waals surface area contributed by atoms with Crippen molar-refractivity contribution in [2.45, 2.75) is 6.18 Å². The molecule has 0 aromatic heterocycles. The van der Waals surface area contributed by atoms with Gasteiger partial charge in [0.2, 0.25) is 0 Å². The Morgan fingerprint density at radius 3 is 2.34 bits per heavy atom. The molecule has 158 valence electrons. The van der Waals surface area contributed by atoms with E-state index in [2.05, 4.69) is 21.2 Å². The van der Waals surface area contributed by atoms with E-state index in [0.29, 0.717) is 25.5 Å². The SMILES string of the molecule is O=C(OCCOCCOCCBr)c1ccccc1Nc1cccc(C(F)(F)F)c1. The Hall–Kier alpha value is -2.10. The van der Waals surface area contributed by atoms with Gasteiger partial charge in [-0.3, -0.25) is 0 Å². The molecule has 9 heteroatoms. The van der Waals surface area contributed by atoms with E-state index in [0.717, 1.165) is 17.5 Å². The maximum atomic E-state index is 12.9. The lowest BCUT2D eigenvalue weighted by Gasteiger charge is -2.13. The number of para-hydroxylation sites is 1. The molecule has 0 saturated heterocycles. The Morgan fingerprint density at radius 1 is 0.931 bits per heavy atom. The van der Waals surface area contributed by atoms with Gasteiger partial charge in [0.1, 0.15) is 6.61 Å². The molecule has 2 aromatic carbocycles. The van der Waals surface area contributed by atoms with Crippen molar-refractivity contribution >= 4 is 33.3 Å². The van der Waals surface area contributed by atoms with Gasteiger partial charge < -0.3 is 19.5 Å². The first-order chi connectivity index (χ1) is 13.9. The Bertz CT molecular complexity index is 786. The van der Waals surface area contributed by atoms with E-state index in [1.54, 1.807) is 18.2 Å². The highest BCUT2D eigenvalue weighted by Crippen LogP contribution is 2.31. The minimum Gasteiger partial charge on any atom is -0.460 e. The number of carbonyl (C=O) groups is 1. The van der Waals surface area contributed by atoms with Crippen molar-refractivity contribution in [3.63, 3.8) is 0 Å². The molecule has 0 aliphatic rings. The van der Waals surface area contributed by atoms with Crippen LogP contribution in [0.1, 0.15) is 15.9 Å². The molecule has 0 aliphatic heterocycles. The average molecular weight is 476 g/mol. The van der Waals surface area contributed by atoms with Crippen LogP contribution < -0.4 is 5.32 Å². The van der Waals surface area contributed by atoms with E-state index in [9.17, 15) is 18.0 Å². The van der Waals surface area contributed by atoms with Gasteiger partial charge >= 0.3 is 12.1 Å². The van der Waals surface area contributed by atoms with Gasteiger partial charge in [-0.05, 0) is 30.3 Å². The molecule has 0 saturated carbocycles. The van der Waals surface area contributed by atoms with Crippen molar-refractivity contribution in [2.24, 2.45) is 0 Å². The second kappa shape index (κ2) is 11.8. The van der Waals surface area contributed by atoms with Crippen LogP contribution in [-0.4, -0.2) is 44.3 Å². The van der Waals surface area contributed by atoms with Crippen LogP contribution in [0.15, 0.2) is 48.5 Å². The third-order valence-corrected chi connectivity index (χ3v) is 3.99. The molecule has 29 heavy (non-hydrogen) atoms. The number of esters is 1. The molecule has 5 nitrogen and oxygen atoms in total. The third-order valence-electron chi connectivity index (χ3n) is 3.67. The van der Waals surface area contributed by atoms with Crippen LogP contribution in [0.25, 0.3) is 0 Å². The summed E-state index contributed by atoms with van der Waals surface area (Å²) in [6, 6.07) is 11.2. The fourth-order valence-electron chi connectivity index (χ4n) is 2.35. The molecule has 0 heterocycles. The normalized spacial score (nSPS) is 11.3. The number of alkyl halides is 4. The molecule has 0 unspecified atom stereocenters. The van der Waals surface area contributed by atoms with Gasteiger partial charge in [-0.2, -0.15) is 13.2 Å². The summed E-state index contributed by atoms with van der Waals surface area (Å²) in [6.07, 6.45) is -4.45. The lowest BCUT2D eigenvalue weighted by molar-refractivity contribution is -0.137. The second-order valence-corrected chi connectivity index (χ2v) is 6.59. The number of rotatable bonds is 11. The minimum absolute atomic E-state index is 0.0508. The maximum Gasteiger partial charge on any atom is 0.416 e. The van der Waals surface area contributed by atoms with Crippen LogP contribution in [0.4, 0.5) is 24.5 Å². The fraction of sp³-hybridized carbons (Fsp3) is 0.350. The number of nitrogens with one attached hydrogen (secondary N) is 1. The lowest BCUT2D eigenvalue weighted by Crippen LogP contribution is -2.14. The zero-order valence-corrected chi connectivity index (χ0v) is 17.1. The summed E-state index contributed by atoms with van der Waals surface area (Å²) in [5.74, 6) is -0.598. The maximum absolute atomic E-state index is 12.9. The highest BCUT2D eigenvalue weighted by molar-refractivity contribution is 9.09. The number of anilines is 2. The molecule has 0 amide bonds. The van der Waals surface area contributed by atoms with Gasteiger partial charge in [-0.25, -0.2) is 4.79 Å². The van der Waals surface area contributed by atoms with Crippen molar-refractivity contribution < 1.29 is 32.2 Å². The lowest BCUT2D eigenvalue weighted by atomic mass is 10.1. The summed E-state index contributed by atoms with van der Waals surface area (Å²) in [4.78, 5) is 12.3. The van der Waals surface area contributed by atoms with Gasteiger partial charge in [-0.15, -0.1) is 0 Å². The standard InChI is InChI=1S/C20H21BrF3NO4/c21-8-9-27-10-11-28-12-13-29-19(26)17-6-1-2-7-18(17)25-16-5-3-4-15(14-16)20(22,23)24/h1-7,14,25H,8-13H2. The summed E-state index contributed by atoms with van der Waals surface area (Å²) in [7, 11) is 0. The first kappa shape index (κ1) is 23.2. The zero-order chi connectivity index (χ0) is 21.1. The smallest absolute Gasteiger partial charge is 0.416 e. The topological polar surface area (TPSA) is 56.8 Å². The van der Waals surface area contributed by atoms with E-state index in [1.165, 1.54) is 18.2 Å². The van der Waals surface area contributed by atoms with Crippen LogP contribution in [0.5, 0.6) is 0 Å². The Morgan fingerprint density at radius 2 is 1.62 bits per heavy atom. The van der Waals surface area contributed by atoms with E-state index in [1.807, 2.05) is 0 Å². The monoisotopic (exact) mass is 475 g/mol. The van der Waals surface area contributed by atoms with Crippen molar-refractivity contribution in [2.75, 3.05) is 43.7 Å². The van der Waals surface area contributed by atoms with E-state index >= 15 is 0 Å². The highest BCUT2D eigenvalue weighted by atomic mass is 79.9. The minimum atomic E-state index is -4.45. The molecular formula is C20H21BrF3NO4. The number of hydrogen-bond donors (Lipinski definition) is 1. The van der Waals surface area contributed by atoms with Crippen LogP contribution in [0, 0.1) is 0 Å². The number of benzene rings is 2. The largest absolute Gasteiger partial charge is 0.460 e. The quantitative estimate of drug-likeness (QED) is 0.280. The number of hydrogen-bond acceptors (Lipinski definition) is 5. The van der Waals surface area contributed by atoms with E-state index < -0.39 is 17.7 Å². The molecule has 0 atom stereocenters. The predicted octanol–water partition coefficient (Wildman–Crippen LogP) is 5.03. The van der Waals surface area contributed by atoms with Gasteiger partial charge in [0.05, 0.1) is 43.2 Å². The van der Waals surface area contributed by atoms with Gasteiger partial charge in [0.15, 0.2) is 0 Å². The Balaban J connectivity index is 1.91. The second-order valence-electron chi connectivity index (χ2n) is 5.80. The Labute approximate surface area is 175 Å². The van der Waals surface area contributed by atoms with Crippen LogP contribution in [0.3, 0.4) is 0 Å². The first-order valence-electron chi connectivity index (χ1n) is 8.83. The van der Waals surface area contributed by atoms with Crippen molar-refractivity contribution in [1.29, 1.82) is 0 Å². The molecule has 1 N–H and O–H groups in total. The molecule has 0 spiro atoms. The summed E-state index contributed by atoms with van der Waals surface area (Å²) in [5.41, 5.74) is -0.00168. The average Bonchev–Trinajstić information content (AvgIpc) is 2.70.